The van der Waals surface area contributed by atoms with Gasteiger partial charge in [0.05, 0.1) is 5.69 Å². The Morgan fingerprint density at radius 1 is 1.00 bits per heavy atom. The van der Waals surface area contributed by atoms with Crippen LogP contribution in [0.2, 0.25) is 0 Å². The molecule has 0 amide bonds. The summed E-state index contributed by atoms with van der Waals surface area (Å²) in [7, 11) is 0. The lowest BCUT2D eigenvalue weighted by Crippen LogP contribution is -2.14. The molecule has 0 radical (unpaired) electrons. The van der Waals surface area contributed by atoms with Crippen molar-refractivity contribution >= 4 is 0 Å². The van der Waals surface area contributed by atoms with Crippen molar-refractivity contribution < 1.29 is 0 Å². The Balaban J connectivity index is 1.71. The van der Waals surface area contributed by atoms with Gasteiger partial charge in [0.2, 0.25) is 0 Å². The third kappa shape index (κ3) is 5.44. The molecule has 0 bridgehead atoms. The lowest BCUT2D eigenvalue weighted by molar-refractivity contribution is 0.298. The highest BCUT2D eigenvalue weighted by molar-refractivity contribution is 5.26. The number of nitrogens with zero attached hydrogens (tertiary/aromatic N) is 2. The molecule has 1 aliphatic carbocycles. The zero-order valence-electron chi connectivity index (χ0n) is 14.3. The van der Waals surface area contributed by atoms with Crippen molar-refractivity contribution in [2.24, 2.45) is 5.92 Å². The van der Waals surface area contributed by atoms with E-state index in [0.717, 1.165) is 11.6 Å². The van der Waals surface area contributed by atoms with Gasteiger partial charge < -0.3 is 0 Å². The first-order valence-electron chi connectivity index (χ1n) is 9.09. The highest BCUT2D eigenvalue weighted by Gasteiger charge is 2.23. The maximum absolute atomic E-state index is 4.39. The van der Waals surface area contributed by atoms with Crippen molar-refractivity contribution in [2.75, 3.05) is 0 Å². The molecule has 0 aromatic carbocycles. The van der Waals surface area contributed by atoms with Crippen LogP contribution in [-0.2, 0) is 0 Å². The Hall–Kier alpha value is -1.36. The Morgan fingerprint density at radius 3 is 2.41 bits per heavy atom. The first-order chi connectivity index (χ1) is 10.8. The molecule has 120 valence electrons. The van der Waals surface area contributed by atoms with Crippen LogP contribution in [0.1, 0.15) is 95.4 Å². The molecule has 0 N–H and O–H groups in total. The van der Waals surface area contributed by atoms with Crippen LogP contribution in [0.3, 0.4) is 0 Å². The van der Waals surface area contributed by atoms with Gasteiger partial charge in [0.25, 0.3) is 0 Å². The molecule has 0 spiro atoms. The summed E-state index contributed by atoms with van der Waals surface area (Å²) in [6, 6.07) is 4.14. The minimum absolute atomic E-state index is 0.618. The van der Waals surface area contributed by atoms with E-state index in [2.05, 4.69) is 35.0 Å². The van der Waals surface area contributed by atoms with E-state index in [-0.39, 0.29) is 0 Å². The highest BCUT2D eigenvalue weighted by Crippen LogP contribution is 2.36. The smallest absolute Gasteiger partial charge is 0.135 e. The van der Waals surface area contributed by atoms with Gasteiger partial charge in [-0.1, -0.05) is 51.4 Å². The molecule has 22 heavy (non-hydrogen) atoms. The second-order valence-corrected chi connectivity index (χ2v) is 6.64. The molecule has 2 nitrogen and oxygen atoms in total. The first kappa shape index (κ1) is 17.0. The van der Waals surface area contributed by atoms with Gasteiger partial charge in [-0.05, 0) is 56.6 Å². The molecule has 1 fully saturated rings. The normalized spacial score (nSPS) is 21.2. The predicted octanol–water partition coefficient (Wildman–Crippen LogP) is 5.48. The fourth-order valence-electron chi connectivity index (χ4n) is 3.54. The van der Waals surface area contributed by atoms with E-state index < -0.39 is 0 Å². The summed E-state index contributed by atoms with van der Waals surface area (Å²) in [6.45, 7) is 4.12. The van der Waals surface area contributed by atoms with E-state index >= 15 is 0 Å². The Kier molecular flexibility index (Phi) is 7.43. The molecule has 1 aromatic rings. The van der Waals surface area contributed by atoms with Crippen molar-refractivity contribution in [3.05, 3.63) is 23.5 Å². The summed E-state index contributed by atoms with van der Waals surface area (Å²) in [4.78, 5) is 0. The van der Waals surface area contributed by atoms with E-state index in [1.807, 2.05) is 13.0 Å². The molecule has 0 saturated heterocycles. The van der Waals surface area contributed by atoms with Gasteiger partial charge in [-0.25, -0.2) is 0 Å². The molecule has 1 aliphatic rings. The van der Waals surface area contributed by atoms with Gasteiger partial charge in [-0.15, -0.1) is 5.10 Å². The Bertz CT molecular complexity index is 473. The van der Waals surface area contributed by atoms with Crippen LogP contribution >= 0.6 is 0 Å². The maximum atomic E-state index is 4.39. The van der Waals surface area contributed by atoms with Crippen LogP contribution in [0.25, 0.3) is 0 Å². The molecule has 1 saturated carbocycles. The molecule has 0 unspecified atom stereocenters. The third-order valence-electron chi connectivity index (χ3n) is 4.92. The summed E-state index contributed by atoms with van der Waals surface area (Å²) >= 11 is 0. The number of aromatic nitrogens is 2. The second kappa shape index (κ2) is 9.62. The average Bonchev–Trinajstić information content (AvgIpc) is 2.56. The van der Waals surface area contributed by atoms with Gasteiger partial charge in [-0.2, -0.15) is 5.10 Å². The molecule has 1 heterocycles. The summed E-state index contributed by atoms with van der Waals surface area (Å²) in [6.07, 6.45) is 13.8. The van der Waals surface area contributed by atoms with E-state index in [1.165, 1.54) is 69.9 Å². The maximum Gasteiger partial charge on any atom is 0.135 e. The van der Waals surface area contributed by atoms with Gasteiger partial charge >= 0.3 is 0 Å². The topological polar surface area (TPSA) is 25.8 Å². The Morgan fingerprint density at radius 2 is 1.77 bits per heavy atom. The third-order valence-corrected chi connectivity index (χ3v) is 4.92. The quantitative estimate of drug-likeness (QED) is 0.492. The van der Waals surface area contributed by atoms with Crippen LogP contribution in [0.4, 0.5) is 0 Å². The van der Waals surface area contributed by atoms with Gasteiger partial charge in [0, 0.05) is 5.92 Å². The van der Waals surface area contributed by atoms with Gasteiger partial charge in [-0.3, -0.25) is 0 Å². The molecular formula is C20H30N2. The minimum atomic E-state index is 0.618. The molecule has 0 atom stereocenters. The number of hydrogen-bond acceptors (Lipinski definition) is 2. The SMILES string of the molecule is CC#Cc1ccc(C2CCC(CCCCCCC)CC2)nn1. The highest BCUT2D eigenvalue weighted by atomic mass is 15.1. The lowest BCUT2D eigenvalue weighted by atomic mass is 9.78. The van der Waals surface area contributed by atoms with Crippen molar-refractivity contribution in [1.82, 2.24) is 10.2 Å². The van der Waals surface area contributed by atoms with Crippen molar-refractivity contribution in [1.29, 1.82) is 0 Å². The van der Waals surface area contributed by atoms with E-state index in [9.17, 15) is 0 Å². The summed E-state index contributed by atoms with van der Waals surface area (Å²) < 4.78 is 0. The fraction of sp³-hybridized carbons (Fsp3) is 0.700. The molecule has 2 heteroatoms. The van der Waals surface area contributed by atoms with E-state index in [0.29, 0.717) is 5.92 Å². The summed E-state index contributed by atoms with van der Waals surface area (Å²) in [5, 5.41) is 8.61. The van der Waals surface area contributed by atoms with Crippen LogP contribution in [0.15, 0.2) is 12.1 Å². The lowest BCUT2D eigenvalue weighted by Gasteiger charge is -2.28. The van der Waals surface area contributed by atoms with Crippen LogP contribution in [0.5, 0.6) is 0 Å². The van der Waals surface area contributed by atoms with Crippen molar-refractivity contribution in [3.63, 3.8) is 0 Å². The predicted molar refractivity (Wildman–Crippen MR) is 92.7 cm³/mol. The molecule has 2 rings (SSSR count). The van der Waals surface area contributed by atoms with Gasteiger partial charge in [0.1, 0.15) is 5.69 Å². The Labute approximate surface area is 136 Å². The number of unbranched alkanes of at least 4 members (excludes halogenated alkanes) is 4. The summed E-state index contributed by atoms with van der Waals surface area (Å²) in [5.41, 5.74) is 1.95. The van der Waals surface area contributed by atoms with Crippen molar-refractivity contribution in [3.8, 4) is 11.8 Å². The first-order valence-corrected chi connectivity index (χ1v) is 9.09. The zero-order chi connectivity index (χ0) is 15.6. The van der Waals surface area contributed by atoms with Crippen molar-refractivity contribution in [2.45, 2.75) is 84.0 Å². The summed E-state index contributed by atoms with van der Waals surface area (Å²) in [5.74, 6) is 7.40. The number of rotatable bonds is 7. The standard InChI is InChI=1S/C20H30N2/c1-3-5-6-7-8-10-17-11-13-18(14-12-17)20-16-15-19(9-4-2)21-22-20/h15-18H,3,5-8,10-14H2,1-2H3. The monoisotopic (exact) mass is 298 g/mol. The van der Waals surface area contributed by atoms with Crippen LogP contribution in [0, 0.1) is 17.8 Å². The number of hydrogen-bond donors (Lipinski definition) is 0. The van der Waals surface area contributed by atoms with Crippen LogP contribution < -0.4 is 0 Å². The van der Waals surface area contributed by atoms with Crippen LogP contribution in [-0.4, -0.2) is 10.2 Å². The zero-order valence-corrected chi connectivity index (χ0v) is 14.3. The van der Waals surface area contributed by atoms with E-state index in [1.54, 1.807) is 0 Å². The largest absolute Gasteiger partial charge is 0.154 e. The fourth-order valence-corrected chi connectivity index (χ4v) is 3.54. The van der Waals surface area contributed by atoms with Gasteiger partial charge in [0.15, 0.2) is 0 Å². The molecule has 1 aromatic heterocycles. The molecular weight excluding hydrogens is 268 g/mol. The minimum Gasteiger partial charge on any atom is -0.154 e. The average molecular weight is 298 g/mol. The second-order valence-electron chi connectivity index (χ2n) is 6.64. The molecule has 0 aliphatic heterocycles. The van der Waals surface area contributed by atoms with E-state index in [4.69, 9.17) is 0 Å².